The normalized spacial score (nSPS) is 24.0. The number of nitrogens with zero attached hydrogens (tertiary/aromatic N) is 6. The monoisotopic (exact) mass is 591 g/mol. The van der Waals surface area contributed by atoms with Crippen molar-refractivity contribution in [2.24, 2.45) is 5.41 Å². The Morgan fingerprint density at radius 2 is 2.00 bits per heavy atom. The van der Waals surface area contributed by atoms with E-state index in [1.807, 2.05) is 0 Å². The van der Waals surface area contributed by atoms with Crippen molar-refractivity contribution in [1.82, 2.24) is 30.0 Å². The average molecular weight is 592 g/mol. The molecule has 5 aliphatic rings. The molecule has 43 heavy (non-hydrogen) atoms. The van der Waals surface area contributed by atoms with Gasteiger partial charge in [-0.3, -0.25) is 4.79 Å². The first-order chi connectivity index (χ1) is 21.6. The fourth-order valence-corrected chi connectivity index (χ4v) is 6.88. The number of nitrogens with one attached hydrogen (secondary N) is 1. The number of rotatable bonds is 7. The molecule has 224 valence electrons. The van der Waals surface area contributed by atoms with E-state index >= 15 is 4.39 Å². The highest BCUT2D eigenvalue weighted by atomic mass is 19.2. The number of piperazine rings is 1. The maximum absolute atomic E-state index is 15.1. The van der Waals surface area contributed by atoms with Crippen LogP contribution in [-0.4, -0.2) is 81.1 Å². The summed E-state index contributed by atoms with van der Waals surface area (Å²) in [6.45, 7) is 1.70. The summed E-state index contributed by atoms with van der Waals surface area (Å²) in [4.78, 5) is 27.7. The van der Waals surface area contributed by atoms with Gasteiger partial charge in [0.15, 0.2) is 11.6 Å². The van der Waals surface area contributed by atoms with Crippen LogP contribution < -0.4 is 20.5 Å². The highest BCUT2D eigenvalue weighted by Crippen LogP contribution is 2.47. The molecule has 1 saturated carbocycles. The molecular weight excluding hydrogens is 556 g/mol. The van der Waals surface area contributed by atoms with Gasteiger partial charge in [-0.1, -0.05) is 6.07 Å². The molecular formula is C31H33F2N7O3. The van der Waals surface area contributed by atoms with Crippen LogP contribution in [0.1, 0.15) is 41.3 Å². The summed E-state index contributed by atoms with van der Waals surface area (Å²) in [5.74, 6) is -2.13. The number of benzene rings is 2. The first-order valence-corrected chi connectivity index (χ1v) is 15.0. The first kappa shape index (κ1) is 24.5. The minimum absolute atomic E-state index is 0.0946. The fourth-order valence-electron chi connectivity index (χ4n) is 6.88. The van der Waals surface area contributed by atoms with Crippen molar-refractivity contribution in [3.05, 3.63) is 52.5 Å². The van der Waals surface area contributed by atoms with Crippen LogP contribution in [0.2, 0.25) is 0 Å². The summed E-state index contributed by atoms with van der Waals surface area (Å²) >= 11 is 0. The number of piperidine rings is 2. The lowest BCUT2D eigenvalue weighted by molar-refractivity contribution is 0.170. The van der Waals surface area contributed by atoms with Crippen LogP contribution >= 0.6 is 0 Å². The van der Waals surface area contributed by atoms with Crippen LogP contribution in [0.5, 0.6) is 11.8 Å². The molecule has 4 aromatic rings. The van der Waals surface area contributed by atoms with Gasteiger partial charge in [0.25, 0.3) is 5.56 Å². The van der Waals surface area contributed by atoms with Crippen LogP contribution in [0.4, 0.5) is 14.6 Å². The predicted molar refractivity (Wildman–Crippen MR) is 157 cm³/mol. The number of aromatic nitrogens is 4. The van der Waals surface area contributed by atoms with Crippen molar-refractivity contribution in [1.29, 1.82) is 0 Å². The zero-order valence-corrected chi connectivity index (χ0v) is 23.5. The predicted octanol–water partition coefficient (Wildman–Crippen LogP) is 3.51. The number of fused-ring (bicyclic) bond motifs is 5. The number of hydrogen-bond acceptors (Lipinski definition) is 9. The maximum atomic E-state index is 15.1. The lowest BCUT2D eigenvalue weighted by Gasteiger charge is -2.46. The van der Waals surface area contributed by atoms with E-state index in [1.54, 1.807) is 0 Å². The standard InChI is InChI=1S/C31H33F2N7O3/c32-23-6-3-18-11-21(41)12-24(25(18)26(23)33)40-29(42)27-22(14-35-40)28(39-15-19-4-5-20(39)13-34-19)37-30(36-27)43-17-31(7-8-31)16-38-9-1-2-10-38/h3,6,11-12,14,19-20,34,41H,1-2,4-5,7-10,13,15-17H2/i17D2. The molecule has 2 N–H and O–H groups in total. The van der Waals surface area contributed by atoms with E-state index in [1.165, 1.54) is 18.3 Å². The number of halogens is 2. The van der Waals surface area contributed by atoms with Gasteiger partial charge in [0.05, 0.1) is 26.6 Å². The Hall–Kier alpha value is -3.90. The number of hydrogen-bond donors (Lipinski definition) is 2. The largest absolute Gasteiger partial charge is 0.508 e. The van der Waals surface area contributed by atoms with Crippen molar-refractivity contribution in [2.75, 3.05) is 44.2 Å². The lowest BCUT2D eigenvalue weighted by Crippen LogP contribution is -2.61. The molecule has 1 aliphatic carbocycles. The Morgan fingerprint density at radius 1 is 1.16 bits per heavy atom. The highest BCUT2D eigenvalue weighted by Gasteiger charge is 2.45. The summed E-state index contributed by atoms with van der Waals surface area (Å²) in [6, 6.07) is 4.74. The molecule has 10 nitrogen and oxygen atoms in total. The second-order valence-electron chi connectivity index (χ2n) is 12.3. The zero-order valence-electron chi connectivity index (χ0n) is 25.5. The summed E-state index contributed by atoms with van der Waals surface area (Å²) < 4.78 is 54.3. The molecule has 2 atom stereocenters. The van der Waals surface area contributed by atoms with E-state index in [9.17, 15) is 14.3 Å². The number of phenols is 1. The SMILES string of the molecule is [2H]C([2H])(Oc1nc(N2CC3CCC2CN3)c2cnn(-c3cc(O)cc4ccc(F)c(F)c34)c(=O)c2n1)C1(CN2CCCC2)CC1. The Kier molecular flexibility index (Phi) is 5.76. The molecule has 9 rings (SSSR count). The second kappa shape index (κ2) is 10.1. The van der Waals surface area contributed by atoms with Crippen LogP contribution in [0.15, 0.2) is 35.3 Å². The third kappa shape index (κ3) is 4.67. The van der Waals surface area contributed by atoms with Gasteiger partial charge >= 0.3 is 6.01 Å². The molecule has 2 unspecified atom stereocenters. The Balaban J connectivity index is 1.28. The van der Waals surface area contributed by atoms with Gasteiger partial charge in [0.1, 0.15) is 17.1 Å². The molecule has 0 radical (unpaired) electrons. The topological polar surface area (TPSA) is 109 Å². The van der Waals surface area contributed by atoms with Gasteiger partial charge in [-0.2, -0.15) is 19.7 Å². The van der Waals surface area contributed by atoms with E-state index in [2.05, 4.69) is 25.2 Å². The molecule has 6 heterocycles. The summed E-state index contributed by atoms with van der Waals surface area (Å²) in [5, 5.41) is 18.5. The van der Waals surface area contributed by atoms with E-state index in [0.29, 0.717) is 37.1 Å². The summed E-state index contributed by atoms with van der Waals surface area (Å²) in [7, 11) is 0. The molecule has 2 aromatic carbocycles. The smallest absolute Gasteiger partial charge is 0.319 e. The molecule has 12 heteroatoms. The first-order valence-electron chi connectivity index (χ1n) is 16.0. The van der Waals surface area contributed by atoms with Crippen molar-refractivity contribution in [3.63, 3.8) is 0 Å². The van der Waals surface area contributed by atoms with Crippen LogP contribution in [0, 0.1) is 17.0 Å². The quantitative estimate of drug-likeness (QED) is 0.334. The van der Waals surface area contributed by atoms with E-state index in [-0.39, 0.29) is 45.8 Å². The van der Waals surface area contributed by atoms with E-state index in [0.717, 1.165) is 62.1 Å². The number of anilines is 1. The molecule has 2 aromatic heterocycles. The third-order valence-electron chi connectivity index (χ3n) is 9.36. The number of aromatic hydroxyl groups is 1. The second-order valence-corrected chi connectivity index (χ2v) is 12.3. The van der Waals surface area contributed by atoms with Crippen LogP contribution in [0.25, 0.3) is 27.4 Å². The fraction of sp³-hybridized carbons (Fsp3) is 0.484. The Bertz CT molecular complexity index is 1890. The Morgan fingerprint density at radius 3 is 2.72 bits per heavy atom. The lowest BCUT2D eigenvalue weighted by atomic mass is 9.93. The summed E-state index contributed by atoms with van der Waals surface area (Å²) in [5.41, 5.74) is -1.73. The molecule has 2 bridgehead atoms. The van der Waals surface area contributed by atoms with Crippen LogP contribution in [0.3, 0.4) is 0 Å². The van der Waals surface area contributed by atoms with Crippen LogP contribution in [-0.2, 0) is 0 Å². The minimum Gasteiger partial charge on any atom is -0.508 e. The van der Waals surface area contributed by atoms with Gasteiger partial charge in [-0.05, 0) is 69.1 Å². The molecule has 0 amide bonds. The zero-order chi connectivity index (χ0) is 31.1. The van der Waals surface area contributed by atoms with Gasteiger partial charge in [-0.15, -0.1) is 0 Å². The number of likely N-dealkylation sites (tertiary alicyclic amines) is 1. The summed E-state index contributed by atoms with van der Waals surface area (Å²) in [6.07, 6.45) is 6.86. The average Bonchev–Trinajstić information content (AvgIpc) is 3.65. The van der Waals surface area contributed by atoms with Gasteiger partial charge < -0.3 is 25.0 Å². The van der Waals surface area contributed by atoms with Crippen molar-refractivity contribution < 1.29 is 21.4 Å². The number of ether oxygens (including phenoxy) is 1. The highest BCUT2D eigenvalue weighted by molar-refractivity contribution is 5.93. The van der Waals surface area contributed by atoms with Gasteiger partial charge in [0.2, 0.25) is 0 Å². The van der Waals surface area contributed by atoms with Gasteiger partial charge in [-0.25, -0.2) is 8.78 Å². The molecule has 0 spiro atoms. The number of phenolic OH excluding ortho intramolecular Hbond substituents is 1. The molecule has 5 fully saturated rings. The molecule has 4 saturated heterocycles. The maximum Gasteiger partial charge on any atom is 0.319 e. The van der Waals surface area contributed by atoms with Crippen molar-refractivity contribution in [3.8, 4) is 17.4 Å². The van der Waals surface area contributed by atoms with E-state index < -0.39 is 29.2 Å². The van der Waals surface area contributed by atoms with Crippen molar-refractivity contribution in [2.45, 2.75) is 50.6 Å². The minimum atomic E-state index is -2.10. The van der Waals surface area contributed by atoms with Crippen molar-refractivity contribution >= 4 is 27.5 Å². The molecule has 4 aliphatic heterocycles. The Labute approximate surface area is 249 Å². The third-order valence-corrected chi connectivity index (χ3v) is 9.36. The van der Waals surface area contributed by atoms with Gasteiger partial charge in [0, 0.05) is 48.6 Å². The van der Waals surface area contributed by atoms with E-state index in [4.69, 9.17) is 12.5 Å².